The van der Waals surface area contributed by atoms with Gasteiger partial charge in [-0.25, -0.2) is 0 Å². The number of carbonyl (C=O) groups is 2. The second-order valence-electron chi connectivity index (χ2n) is 7.89. The summed E-state index contributed by atoms with van der Waals surface area (Å²) < 4.78 is 19.1. The number of carboxylic acid groups (broad SMARTS) is 1. The van der Waals surface area contributed by atoms with Gasteiger partial charge in [0.15, 0.2) is 11.5 Å². The minimum atomic E-state index is -1.37. The number of carboxylic acids is 1. The maximum atomic E-state index is 12.1. The van der Waals surface area contributed by atoms with Crippen LogP contribution < -0.4 is 44.1 Å². The summed E-state index contributed by atoms with van der Waals surface area (Å²) in [7, 11) is 3.19. The molecule has 3 aromatic rings. The summed E-state index contributed by atoms with van der Waals surface area (Å²) in [5.74, 6) is 0.272. The molecule has 0 bridgehead atoms. The van der Waals surface area contributed by atoms with Gasteiger partial charge < -0.3 is 19.4 Å². The first-order valence-electron chi connectivity index (χ1n) is 10.4. The number of allylic oxidation sites excluding steroid dienone is 1. The summed E-state index contributed by atoms with van der Waals surface area (Å²) in [5, 5.41) is 12.1. The fraction of sp³-hybridized carbons (Fsp3) is 0.333. The Morgan fingerprint density at radius 1 is 1.09 bits per heavy atom. The number of aromatic nitrogens is 2. The standard InChI is InChI=1S/C24H24N2O5S.Na/c1-30-21-9-7-15(12-22(21)31-2)18-5-3-4-14(18)10-17(13-27)23(24(28)29)16-6-8-19-20(11-16)26-32-25-19;/h6-9,11-14,18H,3-5,10H2,1-2H3,(H,28,29);/q;+1/p-1. The Morgan fingerprint density at radius 2 is 1.85 bits per heavy atom. The van der Waals surface area contributed by atoms with Gasteiger partial charge in [-0.2, -0.15) is 8.75 Å². The molecule has 0 amide bonds. The van der Waals surface area contributed by atoms with Crippen LogP contribution in [0.4, 0.5) is 0 Å². The number of ether oxygens (including phenoxy) is 2. The third-order valence-electron chi connectivity index (χ3n) is 6.19. The number of methoxy groups -OCH3 is 2. The topological polar surface area (TPSA) is 101 Å². The SMILES string of the molecule is COc1ccc(C2CCCC2CC(C=O)=C(C(=O)[O-])c2ccc3nsnc3c2)cc1OC.[Na+]. The molecule has 0 spiro atoms. The maximum Gasteiger partial charge on any atom is 1.00 e. The molecule has 7 nitrogen and oxygen atoms in total. The van der Waals surface area contributed by atoms with Gasteiger partial charge in [-0.1, -0.05) is 18.6 Å². The first kappa shape index (κ1) is 25.4. The molecule has 2 aromatic carbocycles. The number of aliphatic carboxylic acids is 1. The molecule has 0 saturated heterocycles. The van der Waals surface area contributed by atoms with Gasteiger partial charge in [-0.15, -0.1) is 0 Å². The fourth-order valence-corrected chi connectivity index (χ4v) is 5.18. The summed E-state index contributed by atoms with van der Waals surface area (Å²) in [4.78, 5) is 24.1. The van der Waals surface area contributed by atoms with Crippen molar-refractivity contribution in [1.29, 1.82) is 0 Å². The number of nitrogens with zero attached hydrogens (tertiary/aromatic N) is 2. The number of hydrogen-bond donors (Lipinski definition) is 0. The van der Waals surface area contributed by atoms with Gasteiger partial charge in [0.05, 0.1) is 31.9 Å². The van der Waals surface area contributed by atoms with Crippen molar-refractivity contribution in [2.24, 2.45) is 5.92 Å². The van der Waals surface area contributed by atoms with Crippen LogP contribution in [-0.2, 0) is 9.59 Å². The molecule has 0 radical (unpaired) electrons. The zero-order chi connectivity index (χ0) is 22.7. The number of carbonyl (C=O) groups excluding carboxylic acids is 2. The molecule has 1 aliphatic carbocycles. The number of hydrogen-bond acceptors (Lipinski definition) is 8. The zero-order valence-electron chi connectivity index (χ0n) is 18.9. The summed E-state index contributed by atoms with van der Waals surface area (Å²) in [6, 6.07) is 10.9. The van der Waals surface area contributed by atoms with Crippen LogP contribution in [0.5, 0.6) is 11.5 Å². The average Bonchev–Trinajstić information content (AvgIpc) is 3.46. The van der Waals surface area contributed by atoms with Crippen molar-refractivity contribution < 1.29 is 53.7 Å². The smallest absolute Gasteiger partial charge is 0.545 e. The second kappa shape index (κ2) is 11.2. The van der Waals surface area contributed by atoms with E-state index in [9.17, 15) is 14.7 Å². The van der Waals surface area contributed by atoms with E-state index in [-0.39, 0.29) is 52.5 Å². The van der Waals surface area contributed by atoms with Gasteiger partial charge in [0.1, 0.15) is 17.3 Å². The van der Waals surface area contributed by atoms with E-state index in [1.54, 1.807) is 32.4 Å². The summed E-state index contributed by atoms with van der Waals surface area (Å²) in [5.41, 5.74) is 2.96. The Hall–Kier alpha value is -2.26. The number of aldehydes is 1. The normalized spacial score (nSPS) is 18.4. The zero-order valence-corrected chi connectivity index (χ0v) is 21.7. The van der Waals surface area contributed by atoms with E-state index in [2.05, 4.69) is 8.75 Å². The second-order valence-corrected chi connectivity index (χ2v) is 8.42. The Bertz CT molecular complexity index is 1190. The van der Waals surface area contributed by atoms with Crippen molar-refractivity contribution in [3.8, 4) is 11.5 Å². The van der Waals surface area contributed by atoms with E-state index in [1.165, 1.54) is 0 Å². The minimum Gasteiger partial charge on any atom is -0.545 e. The minimum absolute atomic E-state index is 0. The Kier molecular flexibility index (Phi) is 8.64. The first-order chi connectivity index (χ1) is 15.5. The van der Waals surface area contributed by atoms with E-state index in [0.29, 0.717) is 40.8 Å². The third kappa shape index (κ3) is 5.30. The Balaban J connectivity index is 0.00000306. The van der Waals surface area contributed by atoms with Crippen LogP contribution in [0.15, 0.2) is 42.0 Å². The Morgan fingerprint density at radius 3 is 2.55 bits per heavy atom. The van der Waals surface area contributed by atoms with Crippen molar-refractivity contribution in [2.45, 2.75) is 31.6 Å². The molecule has 0 N–H and O–H groups in total. The number of benzene rings is 2. The first-order valence-corrected chi connectivity index (χ1v) is 11.1. The van der Waals surface area contributed by atoms with Gasteiger partial charge in [0.2, 0.25) is 0 Å². The third-order valence-corrected chi connectivity index (χ3v) is 6.74. The monoisotopic (exact) mass is 474 g/mol. The molecule has 9 heteroatoms. The van der Waals surface area contributed by atoms with Crippen LogP contribution in [0, 0.1) is 5.92 Å². The quantitative estimate of drug-likeness (QED) is 0.264. The molecule has 2 atom stereocenters. The van der Waals surface area contributed by atoms with Gasteiger partial charge in [-0.05, 0) is 66.5 Å². The van der Waals surface area contributed by atoms with Gasteiger partial charge in [0, 0.05) is 11.1 Å². The molecule has 1 saturated carbocycles. The van der Waals surface area contributed by atoms with Crippen LogP contribution in [-0.4, -0.2) is 35.2 Å². The van der Waals surface area contributed by atoms with Crippen molar-refractivity contribution in [3.63, 3.8) is 0 Å². The van der Waals surface area contributed by atoms with E-state index in [4.69, 9.17) is 9.47 Å². The predicted octanol–water partition coefficient (Wildman–Crippen LogP) is 0.389. The van der Waals surface area contributed by atoms with Gasteiger partial charge in [0.25, 0.3) is 0 Å². The summed E-state index contributed by atoms with van der Waals surface area (Å²) in [6.45, 7) is 0. The van der Waals surface area contributed by atoms with Gasteiger partial charge in [-0.3, -0.25) is 4.79 Å². The average molecular weight is 475 g/mol. The molecule has 1 aliphatic rings. The van der Waals surface area contributed by atoms with Crippen molar-refractivity contribution in [3.05, 3.63) is 53.1 Å². The maximum absolute atomic E-state index is 12.1. The largest absolute Gasteiger partial charge is 1.00 e. The molecular weight excluding hydrogens is 451 g/mol. The molecule has 33 heavy (non-hydrogen) atoms. The van der Waals surface area contributed by atoms with E-state index in [0.717, 1.165) is 36.6 Å². The molecule has 4 rings (SSSR count). The number of rotatable bonds is 8. The molecule has 1 fully saturated rings. The summed E-state index contributed by atoms with van der Waals surface area (Å²) in [6.07, 6.45) is 3.89. The van der Waals surface area contributed by atoms with Crippen LogP contribution in [0.1, 0.15) is 42.7 Å². The predicted molar refractivity (Wildman–Crippen MR) is 120 cm³/mol. The van der Waals surface area contributed by atoms with E-state index >= 15 is 0 Å². The van der Waals surface area contributed by atoms with Crippen LogP contribution >= 0.6 is 11.7 Å². The molecule has 166 valence electrons. The Labute approximate surface area is 218 Å². The number of fused-ring (bicyclic) bond motifs is 1. The van der Waals surface area contributed by atoms with E-state index in [1.807, 2.05) is 18.2 Å². The molecule has 1 aromatic heterocycles. The van der Waals surface area contributed by atoms with Gasteiger partial charge >= 0.3 is 29.6 Å². The molecule has 1 heterocycles. The van der Waals surface area contributed by atoms with E-state index < -0.39 is 5.97 Å². The molecular formula is C24H23N2NaO5S. The van der Waals surface area contributed by atoms with Crippen molar-refractivity contribution in [2.75, 3.05) is 14.2 Å². The molecule has 0 aliphatic heterocycles. The van der Waals surface area contributed by atoms with Crippen molar-refractivity contribution in [1.82, 2.24) is 8.75 Å². The van der Waals surface area contributed by atoms with Crippen LogP contribution in [0.25, 0.3) is 16.6 Å². The fourth-order valence-electron chi connectivity index (χ4n) is 4.67. The van der Waals surface area contributed by atoms with Crippen LogP contribution in [0.2, 0.25) is 0 Å². The molecule has 2 unspecified atom stereocenters. The summed E-state index contributed by atoms with van der Waals surface area (Å²) >= 11 is 1.06. The van der Waals surface area contributed by atoms with Crippen LogP contribution in [0.3, 0.4) is 0 Å². The van der Waals surface area contributed by atoms with Crippen molar-refractivity contribution >= 4 is 40.6 Å².